The molecule has 1 aliphatic heterocycles. The monoisotopic (exact) mass is 696 g/mol. The molecule has 1 nitrogen and oxygen atoms in total. The van der Waals surface area contributed by atoms with Crippen molar-refractivity contribution >= 4 is 10.8 Å². The molecular weight excluding hydrogens is 665 g/mol. The summed E-state index contributed by atoms with van der Waals surface area (Å²) in [4.78, 5) is 0. The molecule has 0 saturated heterocycles. The lowest BCUT2D eigenvalue weighted by Crippen LogP contribution is -2.32. The Hall–Kier alpha value is -6.96. The molecule has 0 fully saturated rings. The van der Waals surface area contributed by atoms with Crippen molar-refractivity contribution in [2.24, 2.45) is 0 Å². The van der Waals surface area contributed by atoms with Crippen LogP contribution in [0.1, 0.15) is 44.5 Å². The fourth-order valence-electron chi connectivity index (χ4n) is 11.1. The molecule has 55 heavy (non-hydrogen) atoms. The Morgan fingerprint density at radius 3 is 1.25 bits per heavy atom. The van der Waals surface area contributed by atoms with Crippen molar-refractivity contribution in [1.82, 2.24) is 0 Å². The third-order valence-corrected chi connectivity index (χ3v) is 13.2. The van der Waals surface area contributed by atoms with Crippen molar-refractivity contribution < 1.29 is 4.74 Å². The molecule has 0 aromatic heterocycles. The van der Waals surface area contributed by atoms with Crippen LogP contribution in [0.3, 0.4) is 0 Å². The van der Waals surface area contributed by atoms with E-state index in [0.29, 0.717) is 0 Å². The molecule has 254 valence electrons. The fourth-order valence-corrected chi connectivity index (χ4v) is 11.1. The Morgan fingerprint density at radius 1 is 0.291 bits per heavy atom. The number of rotatable bonds is 1. The van der Waals surface area contributed by atoms with Gasteiger partial charge in [-0.3, -0.25) is 0 Å². The molecule has 0 atom stereocenters. The van der Waals surface area contributed by atoms with Crippen LogP contribution in [0, 0.1) is 0 Å². The third-order valence-electron chi connectivity index (χ3n) is 13.2. The summed E-state index contributed by atoms with van der Waals surface area (Å²) in [6, 6.07) is 72.4. The molecule has 13 rings (SSSR count). The molecule has 0 saturated carbocycles. The van der Waals surface area contributed by atoms with Gasteiger partial charge in [-0.2, -0.15) is 0 Å². The summed E-state index contributed by atoms with van der Waals surface area (Å²) < 4.78 is 7.07. The van der Waals surface area contributed by atoms with Crippen molar-refractivity contribution in [3.05, 3.63) is 239 Å². The van der Waals surface area contributed by atoms with E-state index in [-0.39, 0.29) is 0 Å². The van der Waals surface area contributed by atoms with E-state index in [1.54, 1.807) is 0 Å². The molecule has 2 spiro atoms. The predicted molar refractivity (Wildman–Crippen MR) is 223 cm³/mol. The summed E-state index contributed by atoms with van der Waals surface area (Å²) in [5.74, 6) is 1.85. The number of benzene rings is 9. The lowest BCUT2D eigenvalue weighted by Gasteiger charge is -2.40. The Kier molecular flexibility index (Phi) is 5.56. The largest absolute Gasteiger partial charge is 0.456 e. The van der Waals surface area contributed by atoms with Gasteiger partial charge in [0, 0.05) is 16.5 Å². The van der Waals surface area contributed by atoms with Crippen LogP contribution in [0.4, 0.5) is 0 Å². The smallest absolute Gasteiger partial charge is 0.140 e. The minimum Gasteiger partial charge on any atom is -0.456 e. The highest BCUT2D eigenvalue weighted by molar-refractivity contribution is 5.98. The average Bonchev–Trinajstić information content (AvgIpc) is 3.84. The molecule has 1 heteroatoms. The van der Waals surface area contributed by atoms with Crippen molar-refractivity contribution in [2.75, 3.05) is 0 Å². The van der Waals surface area contributed by atoms with Crippen LogP contribution in [-0.4, -0.2) is 0 Å². The maximum Gasteiger partial charge on any atom is 0.140 e. The van der Waals surface area contributed by atoms with Gasteiger partial charge in [0.2, 0.25) is 0 Å². The molecule has 0 N–H and O–H groups in total. The molecule has 1 heterocycles. The third kappa shape index (κ3) is 3.46. The zero-order valence-electron chi connectivity index (χ0n) is 29.9. The SMILES string of the molecule is c1ccc2c(c1)-c1ccccc1C21c2ccccc2-c2ccc(-c3ccc4c(c3)C3(c5ccccc5-c5ccccc53)c3ccc5ccccc5c3O4)cc21. The first-order valence-electron chi connectivity index (χ1n) is 19.3. The van der Waals surface area contributed by atoms with E-state index >= 15 is 0 Å². The lowest BCUT2D eigenvalue weighted by atomic mass is 9.65. The number of hydrogen-bond acceptors (Lipinski definition) is 1. The molecule has 3 aliphatic carbocycles. The minimum absolute atomic E-state index is 0.392. The van der Waals surface area contributed by atoms with Crippen LogP contribution in [0.15, 0.2) is 194 Å². The second-order valence-electron chi connectivity index (χ2n) is 15.5. The van der Waals surface area contributed by atoms with Gasteiger partial charge in [-0.15, -0.1) is 0 Å². The Bertz CT molecular complexity index is 3040. The van der Waals surface area contributed by atoms with Gasteiger partial charge in [0.15, 0.2) is 0 Å². The zero-order chi connectivity index (χ0) is 35.9. The molecule has 9 aromatic carbocycles. The van der Waals surface area contributed by atoms with Crippen molar-refractivity contribution in [3.8, 4) is 56.0 Å². The first-order chi connectivity index (χ1) is 27.3. The summed E-state index contributed by atoms with van der Waals surface area (Å²) in [5.41, 5.74) is 19.7. The van der Waals surface area contributed by atoms with Gasteiger partial charge in [-0.1, -0.05) is 176 Å². The Labute approximate surface area is 319 Å². The van der Waals surface area contributed by atoms with Crippen LogP contribution < -0.4 is 4.74 Å². The zero-order valence-corrected chi connectivity index (χ0v) is 29.9. The molecule has 4 aliphatic rings. The van der Waals surface area contributed by atoms with E-state index in [1.807, 2.05) is 0 Å². The first-order valence-corrected chi connectivity index (χ1v) is 19.3. The quantitative estimate of drug-likeness (QED) is 0.166. The van der Waals surface area contributed by atoms with Crippen molar-refractivity contribution in [2.45, 2.75) is 10.8 Å². The second-order valence-corrected chi connectivity index (χ2v) is 15.5. The van der Waals surface area contributed by atoms with E-state index in [2.05, 4.69) is 194 Å². The highest BCUT2D eigenvalue weighted by Gasteiger charge is 2.53. The highest BCUT2D eigenvalue weighted by atomic mass is 16.5. The maximum atomic E-state index is 7.07. The van der Waals surface area contributed by atoms with Crippen LogP contribution in [0.25, 0.3) is 55.3 Å². The summed E-state index contributed by atoms with van der Waals surface area (Å²) in [7, 11) is 0. The van der Waals surface area contributed by atoms with Crippen LogP contribution >= 0.6 is 0 Å². The van der Waals surface area contributed by atoms with E-state index in [1.165, 1.54) is 94.4 Å². The van der Waals surface area contributed by atoms with Gasteiger partial charge in [0.05, 0.1) is 10.8 Å². The number of fused-ring (bicyclic) bond motifs is 21. The predicted octanol–water partition coefficient (Wildman–Crippen LogP) is 13.3. The lowest BCUT2D eigenvalue weighted by molar-refractivity contribution is 0.442. The molecule has 0 amide bonds. The topological polar surface area (TPSA) is 9.23 Å². The normalized spacial score (nSPS) is 15.0. The summed E-state index contributed by atoms with van der Waals surface area (Å²) in [6.45, 7) is 0. The van der Waals surface area contributed by atoms with Gasteiger partial charge >= 0.3 is 0 Å². The Balaban J connectivity index is 1.09. The summed E-state index contributed by atoms with van der Waals surface area (Å²) in [5, 5.41) is 2.32. The van der Waals surface area contributed by atoms with Gasteiger partial charge in [0.25, 0.3) is 0 Å². The van der Waals surface area contributed by atoms with Gasteiger partial charge < -0.3 is 4.74 Å². The summed E-state index contributed by atoms with van der Waals surface area (Å²) in [6.07, 6.45) is 0. The first kappa shape index (κ1) is 29.5. The van der Waals surface area contributed by atoms with E-state index in [9.17, 15) is 0 Å². The maximum absolute atomic E-state index is 7.07. The number of hydrogen-bond donors (Lipinski definition) is 0. The van der Waals surface area contributed by atoms with E-state index in [4.69, 9.17) is 4.74 Å². The van der Waals surface area contributed by atoms with E-state index < -0.39 is 10.8 Å². The molecule has 9 aromatic rings. The number of ether oxygens (including phenoxy) is 1. The fraction of sp³-hybridized carbons (Fsp3) is 0.0370. The average molecular weight is 697 g/mol. The van der Waals surface area contributed by atoms with Crippen molar-refractivity contribution in [1.29, 1.82) is 0 Å². The minimum atomic E-state index is -0.548. The summed E-state index contributed by atoms with van der Waals surface area (Å²) >= 11 is 0. The van der Waals surface area contributed by atoms with Crippen LogP contribution in [0.5, 0.6) is 11.5 Å². The molecule has 0 bridgehead atoms. The molecular formula is C54H32O. The van der Waals surface area contributed by atoms with Crippen LogP contribution in [-0.2, 0) is 10.8 Å². The molecule has 0 unspecified atom stereocenters. The second kappa shape index (κ2) is 10.4. The standard InChI is InChI=1S/C54H32O/c1-2-14-36-33(13-1)26-29-48-52(36)55-51-30-27-35(32-50(51)54(48)46-23-11-5-17-39(46)40-18-6-12-24-47(40)54)34-25-28-42-41-19-7-10-22-45(41)53(49(42)31-34)43-20-8-3-15-37(43)38-16-4-9-21-44(38)53/h1-32H. The molecule has 0 radical (unpaired) electrons. The highest BCUT2D eigenvalue weighted by Crippen LogP contribution is 2.65. The van der Waals surface area contributed by atoms with Gasteiger partial charge in [-0.25, -0.2) is 0 Å². The van der Waals surface area contributed by atoms with E-state index in [0.717, 1.165) is 16.9 Å². The Morgan fingerprint density at radius 2 is 0.709 bits per heavy atom. The van der Waals surface area contributed by atoms with Crippen LogP contribution in [0.2, 0.25) is 0 Å². The van der Waals surface area contributed by atoms with Gasteiger partial charge in [0.1, 0.15) is 11.5 Å². The van der Waals surface area contributed by atoms with Gasteiger partial charge in [-0.05, 0) is 101 Å². The van der Waals surface area contributed by atoms with Crippen molar-refractivity contribution in [3.63, 3.8) is 0 Å².